The molecule has 1 fully saturated rings. The van der Waals surface area contributed by atoms with Gasteiger partial charge in [0.2, 0.25) is 0 Å². The fourth-order valence-electron chi connectivity index (χ4n) is 1.27. The predicted octanol–water partition coefficient (Wildman–Crippen LogP) is 1.73. The Balaban J connectivity index is 1.99. The molecular formula is C10H18O3. The van der Waals surface area contributed by atoms with Crippen LogP contribution in [0.1, 0.15) is 19.8 Å². The van der Waals surface area contributed by atoms with E-state index >= 15 is 0 Å². The molecule has 1 heterocycles. The van der Waals surface area contributed by atoms with Gasteiger partial charge in [-0.05, 0) is 19.8 Å². The lowest BCUT2D eigenvalue weighted by Gasteiger charge is -2.15. The first-order valence-electron chi connectivity index (χ1n) is 4.78. The zero-order chi connectivity index (χ0) is 9.52. The van der Waals surface area contributed by atoms with Gasteiger partial charge >= 0.3 is 0 Å². The topological polar surface area (TPSA) is 27.7 Å². The summed E-state index contributed by atoms with van der Waals surface area (Å²) in [5.74, 6) is 0. The molecule has 13 heavy (non-hydrogen) atoms. The molecule has 1 saturated heterocycles. The Hall–Kier alpha value is -0.380. The molecule has 0 spiro atoms. The second kappa shape index (κ2) is 6.13. The van der Waals surface area contributed by atoms with E-state index in [1.807, 2.05) is 6.92 Å². The van der Waals surface area contributed by atoms with Gasteiger partial charge in [-0.25, -0.2) is 0 Å². The summed E-state index contributed by atoms with van der Waals surface area (Å²) in [5.41, 5.74) is 0. The van der Waals surface area contributed by atoms with Gasteiger partial charge in [0.05, 0.1) is 19.3 Å². The Morgan fingerprint density at radius 2 is 2.46 bits per heavy atom. The lowest BCUT2D eigenvalue weighted by atomic mass is 10.2. The van der Waals surface area contributed by atoms with Crippen LogP contribution >= 0.6 is 0 Å². The molecule has 0 N–H and O–H groups in total. The Morgan fingerprint density at radius 1 is 1.62 bits per heavy atom. The minimum absolute atomic E-state index is 0.165. The molecule has 3 nitrogen and oxygen atoms in total. The Bertz CT molecular complexity index is 141. The average Bonchev–Trinajstić information content (AvgIpc) is 2.64. The molecule has 0 aromatic carbocycles. The maximum Gasteiger partial charge on any atom is 0.155 e. The highest BCUT2D eigenvalue weighted by Crippen LogP contribution is 2.12. The standard InChI is InChI=1S/C10H18O3/c1-3-6-11-9(2)13-8-10-5-4-7-12-10/h3,9-10H,1,4-8H2,2H3. The van der Waals surface area contributed by atoms with E-state index in [9.17, 15) is 0 Å². The van der Waals surface area contributed by atoms with Gasteiger partial charge in [-0.2, -0.15) is 0 Å². The van der Waals surface area contributed by atoms with Crippen LogP contribution in [0.15, 0.2) is 12.7 Å². The Morgan fingerprint density at radius 3 is 3.08 bits per heavy atom. The van der Waals surface area contributed by atoms with E-state index in [-0.39, 0.29) is 12.4 Å². The third-order valence-corrected chi connectivity index (χ3v) is 1.99. The smallest absolute Gasteiger partial charge is 0.155 e. The van der Waals surface area contributed by atoms with Crippen LogP contribution < -0.4 is 0 Å². The summed E-state index contributed by atoms with van der Waals surface area (Å²) in [4.78, 5) is 0. The van der Waals surface area contributed by atoms with Gasteiger partial charge in [0.1, 0.15) is 0 Å². The van der Waals surface area contributed by atoms with Crippen molar-refractivity contribution in [1.82, 2.24) is 0 Å². The molecule has 2 atom stereocenters. The van der Waals surface area contributed by atoms with Crippen molar-refractivity contribution in [1.29, 1.82) is 0 Å². The molecule has 1 rings (SSSR count). The summed E-state index contributed by atoms with van der Waals surface area (Å²) in [6.45, 7) is 7.49. The van der Waals surface area contributed by atoms with E-state index in [0.29, 0.717) is 13.2 Å². The van der Waals surface area contributed by atoms with Crippen molar-refractivity contribution in [2.24, 2.45) is 0 Å². The van der Waals surface area contributed by atoms with E-state index in [4.69, 9.17) is 14.2 Å². The lowest BCUT2D eigenvalue weighted by molar-refractivity contribution is -0.141. The molecule has 76 valence electrons. The van der Waals surface area contributed by atoms with Gasteiger partial charge in [-0.15, -0.1) is 6.58 Å². The highest BCUT2D eigenvalue weighted by molar-refractivity contribution is 4.65. The molecule has 1 aliphatic rings. The van der Waals surface area contributed by atoms with Gasteiger partial charge < -0.3 is 14.2 Å². The normalized spacial score (nSPS) is 24.5. The van der Waals surface area contributed by atoms with Crippen LogP contribution in [0.2, 0.25) is 0 Å². The van der Waals surface area contributed by atoms with Crippen LogP contribution in [0.25, 0.3) is 0 Å². The number of rotatable bonds is 6. The van der Waals surface area contributed by atoms with Crippen molar-refractivity contribution in [2.45, 2.75) is 32.2 Å². The summed E-state index contributed by atoms with van der Waals surface area (Å²) in [7, 11) is 0. The van der Waals surface area contributed by atoms with Crippen LogP contribution in [0.5, 0.6) is 0 Å². The van der Waals surface area contributed by atoms with Gasteiger partial charge in [-0.3, -0.25) is 0 Å². The Kier molecular flexibility index (Phi) is 5.05. The summed E-state index contributed by atoms with van der Waals surface area (Å²) in [5, 5.41) is 0. The van der Waals surface area contributed by atoms with Crippen molar-refractivity contribution < 1.29 is 14.2 Å². The first-order valence-corrected chi connectivity index (χ1v) is 4.78. The van der Waals surface area contributed by atoms with Crippen molar-refractivity contribution in [3.63, 3.8) is 0 Å². The highest BCUT2D eigenvalue weighted by Gasteiger charge is 2.16. The highest BCUT2D eigenvalue weighted by atomic mass is 16.7. The zero-order valence-corrected chi connectivity index (χ0v) is 8.20. The molecule has 2 unspecified atom stereocenters. The van der Waals surface area contributed by atoms with Crippen LogP contribution in [-0.4, -0.2) is 32.2 Å². The largest absolute Gasteiger partial charge is 0.376 e. The molecule has 0 radical (unpaired) electrons. The lowest BCUT2D eigenvalue weighted by Crippen LogP contribution is -2.21. The maximum atomic E-state index is 5.43. The van der Waals surface area contributed by atoms with Crippen LogP contribution in [0.4, 0.5) is 0 Å². The summed E-state index contributed by atoms with van der Waals surface area (Å²) >= 11 is 0. The van der Waals surface area contributed by atoms with Crippen LogP contribution in [-0.2, 0) is 14.2 Å². The molecule has 0 aliphatic carbocycles. The van der Waals surface area contributed by atoms with Crippen molar-refractivity contribution in [3.05, 3.63) is 12.7 Å². The second-order valence-corrected chi connectivity index (χ2v) is 3.16. The molecule has 1 aliphatic heterocycles. The van der Waals surface area contributed by atoms with Crippen molar-refractivity contribution in [2.75, 3.05) is 19.8 Å². The van der Waals surface area contributed by atoms with Gasteiger partial charge in [-0.1, -0.05) is 6.08 Å². The summed E-state index contributed by atoms with van der Waals surface area (Å²) in [6.07, 6.45) is 4.08. The van der Waals surface area contributed by atoms with E-state index < -0.39 is 0 Å². The maximum absolute atomic E-state index is 5.43. The van der Waals surface area contributed by atoms with E-state index in [2.05, 4.69) is 6.58 Å². The fourth-order valence-corrected chi connectivity index (χ4v) is 1.27. The molecule has 0 aromatic heterocycles. The molecule has 0 saturated carbocycles. The fraction of sp³-hybridized carbons (Fsp3) is 0.800. The van der Waals surface area contributed by atoms with Crippen LogP contribution in [0.3, 0.4) is 0 Å². The third kappa shape index (κ3) is 4.41. The van der Waals surface area contributed by atoms with E-state index in [0.717, 1.165) is 19.4 Å². The van der Waals surface area contributed by atoms with Crippen LogP contribution in [0, 0.1) is 0 Å². The SMILES string of the molecule is C=CCOC(C)OCC1CCCO1. The molecular weight excluding hydrogens is 168 g/mol. The van der Waals surface area contributed by atoms with Crippen molar-refractivity contribution >= 4 is 0 Å². The number of hydrogen-bond donors (Lipinski definition) is 0. The minimum atomic E-state index is -0.165. The number of hydrogen-bond acceptors (Lipinski definition) is 3. The van der Waals surface area contributed by atoms with Gasteiger partial charge in [0.15, 0.2) is 6.29 Å². The quantitative estimate of drug-likeness (QED) is 0.467. The summed E-state index contributed by atoms with van der Waals surface area (Å²) in [6, 6.07) is 0. The summed E-state index contributed by atoms with van der Waals surface area (Å²) < 4.78 is 16.1. The minimum Gasteiger partial charge on any atom is -0.376 e. The van der Waals surface area contributed by atoms with Gasteiger partial charge in [0, 0.05) is 6.61 Å². The van der Waals surface area contributed by atoms with Gasteiger partial charge in [0.25, 0.3) is 0 Å². The first kappa shape index (κ1) is 10.7. The van der Waals surface area contributed by atoms with Crippen molar-refractivity contribution in [3.8, 4) is 0 Å². The number of ether oxygens (including phenoxy) is 3. The first-order chi connectivity index (χ1) is 6.33. The monoisotopic (exact) mass is 186 g/mol. The molecule has 0 bridgehead atoms. The predicted molar refractivity (Wildman–Crippen MR) is 50.5 cm³/mol. The zero-order valence-electron chi connectivity index (χ0n) is 8.20. The third-order valence-electron chi connectivity index (χ3n) is 1.99. The van der Waals surface area contributed by atoms with E-state index in [1.54, 1.807) is 6.08 Å². The van der Waals surface area contributed by atoms with E-state index in [1.165, 1.54) is 0 Å². The molecule has 0 aromatic rings. The molecule has 3 heteroatoms. The molecule has 0 amide bonds. The second-order valence-electron chi connectivity index (χ2n) is 3.16. The Labute approximate surface area is 79.7 Å². The average molecular weight is 186 g/mol.